The fourth-order valence-electron chi connectivity index (χ4n) is 2.99. The molecule has 0 radical (unpaired) electrons. The second-order valence-electron chi connectivity index (χ2n) is 7.36. The number of carbonyl (C=O) groups excluding carboxylic acids is 1. The van der Waals surface area contributed by atoms with E-state index in [2.05, 4.69) is 16.9 Å². The molecule has 2 aromatic carbocycles. The maximum Gasteiger partial charge on any atom is 0.423 e. The van der Waals surface area contributed by atoms with E-state index in [0.717, 1.165) is 11.1 Å². The second-order valence-corrected chi connectivity index (χ2v) is 8.74. The Morgan fingerprint density at radius 3 is 2.66 bits per heavy atom. The molecule has 1 aliphatic heterocycles. The molecule has 2 aromatic rings. The normalized spacial score (nSPS) is 17.0. The zero-order chi connectivity index (χ0) is 25.4. The first-order chi connectivity index (χ1) is 16.8. The van der Waals surface area contributed by atoms with Crippen molar-refractivity contribution in [1.82, 2.24) is 5.32 Å². The van der Waals surface area contributed by atoms with Gasteiger partial charge in [0.1, 0.15) is 18.1 Å². The summed E-state index contributed by atoms with van der Waals surface area (Å²) in [4.78, 5) is 16.9. The van der Waals surface area contributed by atoms with Crippen LogP contribution in [0.1, 0.15) is 11.1 Å². The van der Waals surface area contributed by atoms with Crippen LogP contribution < -0.4 is 13.2 Å². The lowest BCUT2D eigenvalue weighted by Gasteiger charge is -2.24. The van der Waals surface area contributed by atoms with Crippen molar-refractivity contribution in [2.24, 2.45) is 4.99 Å². The van der Waals surface area contributed by atoms with Crippen molar-refractivity contribution in [3.8, 4) is 5.75 Å². The van der Waals surface area contributed by atoms with E-state index < -0.39 is 12.3 Å². The molecule has 0 aromatic heterocycles. The first kappa shape index (κ1) is 26.4. The summed E-state index contributed by atoms with van der Waals surface area (Å²) in [7, 11) is 3.06. The van der Waals surface area contributed by atoms with Crippen LogP contribution in [-0.2, 0) is 20.8 Å². The molecule has 0 aliphatic carbocycles. The molecule has 8 nitrogen and oxygen atoms in total. The minimum atomic E-state index is -0.704. The number of anilines is 1. The number of ether oxygens (including phenoxy) is 4. The van der Waals surface area contributed by atoms with Gasteiger partial charge in [0.2, 0.25) is 6.23 Å². The summed E-state index contributed by atoms with van der Waals surface area (Å²) in [6.07, 6.45) is 3.50. The van der Waals surface area contributed by atoms with Crippen LogP contribution in [0.25, 0.3) is 0 Å². The molecule has 1 atom stereocenters. The molecule has 1 heterocycles. The number of hydrogen-bond acceptors (Lipinski definition) is 7. The Labute approximate surface area is 223 Å². The first-order valence-corrected chi connectivity index (χ1v) is 11.8. The molecule has 0 saturated carbocycles. The number of methoxy groups -OCH3 is 2. The molecule has 3 rings (SSSR count). The molecular weight excluding hydrogens is 585 g/mol. The molecule has 184 valence electrons. The Balaban J connectivity index is 1.70. The van der Waals surface area contributed by atoms with Gasteiger partial charge in [-0.15, -0.1) is 0 Å². The minimum Gasteiger partial charge on any atom is -0.504 e. The third-order valence-electron chi connectivity index (χ3n) is 4.84. The molecule has 0 bridgehead atoms. The van der Waals surface area contributed by atoms with Gasteiger partial charge in [-0.1, -0.05) is 48.0 Å². The van der Waals surface area contributed by atoms with Gasteiger partial charge in [-0.3, -0.25) is 0 Å². The lowest BCUT2D eigenvalue weighted by Crippen LogP contribution is -2.30. The fourth-order valence-corrected chi connectivity index (χ4v) is 3.95. The van der Waals surface area contributed by atoms with Crippen LogP contribution in [-0.4, -0.2) is 32.9 Å². The molecule has 0 spiro atoms. The summed E-state index contributed by atoms with van der Waals surface area (Å²) in [6.45, 7) is 5.96. The van der Waals surface area contributed by atoms with Crippen LogP contribution in [0.5, 0.6) is 5.75 Å². The van der Waals surface area contributed by atoms with Gasteiger partial charge in [-0.25, -0.2) is 12.9 Å². The standard InChI is InChI=1S/C25H25ClIN3O5/c1-16-5-7-18(8-6-16)13-34-25(31)30(27)23-10-9-19(12-21(23)26)35-24-20(14-32-3)22(28-15-29-24)11-17(2)33-4/h5-12,14-15,24H,2,13H2,1,3-4H3,(H,28,29)/b20-14+,22-11+. The van der Waals surface area contributed by atoms with E-state index in [9.17, 15) is 4.79 Å². The Bertz CT molecular complexity index is 1160. The van der Waals surface area contributed by atoms with Crippen molar-refractivity contribution in [3.63, 3.8) is 0 Å². The molecule has 35 heavy (non-hydrogen) atoms. The van der Waals surface area contributed by atoms with Gasteiger partial charge < -0.3 is 24.3 Å². The highest BCUT2D eigenvalue weighted by atomic mass is 127. The van der Waals surface area contributed by atoms with E-state index in [1.165, 1.54) is 29.9 Å². The van der Waals surface area contributed by atoms with Crippen LogP contribution in [0.2, 0.25) is 5.02 Å². The van der Waals surface area contributed by atoms with Gasteiger partial charge in [0.25, 0.3) is 0 Å². The fraction of sp³-hybridized carbons (Fsp3) is 0.200. The Morgan fingerprint density at radius 1 is 1.26 bits per heavy atom. The van der Waals surface area contributed by atoms with E-state index >= 15 is 0 Å². The molecule has 1 unspecified atom stereocenters. The predicted molar refractivity (Wildman–Crippen MR) is 145 cm³/mol. The van der Waals surface area contributed by atoms with Crippen LogP contribution in [0.4, 0.5) is 10.5 Å². The summed E-state index contributed by atoms with van der Waals surface area (Å²) in [6, 6.07) is 12.7. The first-order valence-electron chi connectivity index (χ1n) is 10.4. The molecule has 1 amide bonds. The Morgan fingerprint density at radius 2 is 2.00 bits per heavy atom. The van der Waals surface area contributed by atoms with E-state index in [1.807, 2.05) is 54.1 Å². The lowest BCUT2D eigenvalue weighted by atomic mass is 10.1. The highest BCUT2D eigenvalue weighted by molar-refractivity contribution is 14.1. The SMILES string of the molecule is C=C(/C=C1/NC=NC(Oc2ccc(N(I)C(=O)OCc3ccc(C)cc3)c(Cl)c2)/C1=C/OC)OC. The number of aliphatic imine (C=N–C) groups is 1. The number of benzene rings is 2. The third-order valence-corrected chi connectivity index (χ3v) is 6.06. The summed E-state index contributed by atoms with van der Waals surface area (Å²) >= 11 is 8.32. The van der Waals surface area contributed by atoms with Gasteiger partial charge in [0.15, 0.2) is 0 Å². The van der Waals surface area contributed by atoms with E-state index in [4.69, 9.17) is 30.5 Å². The third kappa shape index (κ3) is 7.15. The quantitative estimate of drug-likeness (QED) is 0.223. The monoisotopic (exact) mass is 609 g/mol. The highest BCUT2D eigenvalue weighted by Crippen LogP contribution is 2.34. The zero-order valence-electron chi connectivity index (χ0n) is 19.5. The van der Waals surface area contributed by atoms with Crippen molar-refractivity contribution < 1.29 is 23.7 Å². The van der Waals surface area contributed by atoms with Crippen LogP contribution in [0, 0.1) is 6.92 Å². The Hall–Kier alpha value is -3.18. The number of amides is 1. The molecular formula is C25H25ClIN3O5. The van der Waals surface area contributed by atoms with Gasteiger partial charge in [0, 0.05) is 12.1 Å². The van der Waals surface area contributed by atoms with E-state index in [0.29, 0.717) is 33.5 Å². The summed E-state index contributed by atoms with van der Waals surface area (Å²) in [5.74, 6) is 0.903. The summed E-state index contributed by atoms with van der Waals surface area (Å²) < 4.78 is 23.1. The number of rotatable bonds is 8. The molecule has 0 saturated heterocycles. The number of aryl methyl sites for hydroxylation is 1. The number of nitrogens with zero attached hydrogens (tertiary/aromatic N) is 2. The molecule has 0 fully saturated rings. The van der Waals surface area contributed by atoms with Crippen molar-refractivity contribution in [1.29, 1.82) is 0 Å². The van der Waals surface area contributed by atoms with Crippen LogP contribution in [0.15, 0.2) is 83.4 Å². The van der Waals surface area contributed by atoms with Crippen molar-refractivity contribution in [2.45, 2.75) is 19.8 Å². The molecule has 1 aliphatic rings. The number of carbonyl (C=O) groups is 1. The number of nitrogens with one attached hydrogen (secondary N) is 1. The minimum absolute atomic E-state index is 0.158. The maximum atomic E-state index is 12.5. The zero-order valence-corrected chi connectivity index (χ0v) is 22.4. The average Bonchev–Trinajstić information content (AvgIpc) is 2.85. The van der Waals surface area contributed by atoms with Crippen molar-refractivity contribution >= 4 is 52.6 Å². The molecule has 1 N–H and O–H groups in total. The van der Waals surface area contributed by atoms with Gasteiger partial charge in [-0.05, 0) is 24.6 Å². The average molecular weight is 610 g/mol. The van der Waals surface area contributed by atoms with Crippen LogP contribution >= 0.6 is 34.5 Å². The maximum absolute atomic E-state index is 12.5. The van der Waals surface area contributed by atoms with E-state index in [-0.39, 0.29) is 6.61 Å². The second kappa shape index (κ2) is 12.5. The van der Waals surface area contributed by atoms with Gasteiger partial charge >= 0.3 is 6.09 Å². The van der Waals surface area contributed by atoms with Crippen molar-refractivity contribution in [2.75, 3.05) is 17.3 Å². The predicted octanol–water partition coefficient (Wildman–Crippen LogP) is 6.05. The summed E-state index contributed by atoms with van der Waals surface area (Å²) in [5, 5.41) is 3.33. The highest BCUT2D eigenvalue weighted by Gasteiger charge is 2.24. The molecule has 10 heteroatoms. The topological polar surface area (TPSA) is 81.6 Å². The Kier molecular flexibility index (Phi) is 9.44. The summed E-state index contributed by atoms with van der Waals surface area (Å²) in [5.41, 5.74) is 3.79. The van der Waals surface area contributed by atoms with Gasteiger partial charge in [-0.2, -0.15) is 0 Å². The number of allylic oxidation sites excluding steroid dienone is 1. The number of halogens is 2. The number of hydrogen-bond donors (Lipinski definition) is 1. The largest absolute Gasteiger partial charge is 0.504 e. The van der Waals surface area contributed by atoms with Crippen LogP contribution in [0.3, 0.4) is 0 Å². The smallest absolute Gasteiger partial charge is 0.423 e. The van der Waals surface area contributed by atoms with Gasteiger partial charge in [0.05, 0.1) is 71.7 Å². The van der Waals surface area contributed by atoms with Crippen molar-refractivity contribution in [3.05, 3.63) is 94.6 Å². The van der Waals surface area contributed by atoms with E-state index in [1.54, 1.807) is 24.3 Å². The lowest BCUT2D eigenvalue weighted by molar-refractivity contribution is 0.152.